The van der Waals surface area contributed by atoms with Crippen molar-refractivity contribution in [1.29, 1.82) is 0 Å². The van der Waals surface area contributed by atoms with Gasteiger partial charge in [-0.2, -0.15) is 8.42 Å². The summed E-state index contributed by atoms with van der Waals surface area (Å²) in [6, 6.07) is 0. The summed E-state index contributed by atoms with van der Waals surface area (Å²) in [5.41, 5.74) is 0. The third-order valence-electron chi connectivity index (χ3n) is 0.890. The van der Waals surface area contributed by atoms with Crippen molar-refractivity contribution in [2.75, 3.05) is 0 Å². The van der Waals surface area contributed by atoms with Crippen LogP contribution in [0.3, 0.4) is 0 Å². The van der Waals surface area contributed by atoms with Crippen molar-refractivity contribution < 1.29 is 23.2 Å². The van der Waals surface area contributed by atoms with E-state index in [9.17, 15) is 8.42 Å². The molecule has 0 radical (unpaired) electrons. The minimum Gasteiger partial charge on any atom is -0.367 e. The Morgan fingerprint density at radius 3 is 1.67 bits per heavy atom. The Bertz CT molecular complexity index is 169. The Morgan fingerprint density at radius 2 is 1.67 bits per heavy atom. The summed E-state index contributed by atoms with van der Waals surface area (Å²) in [6.45, 7) is 0.986. The molecule has 0 aromatic heterocycles. The number of aliphatic hydroxyl groups is 2. The van der Waals surface area contributed by atoms with Crippen LogP contribution in [0, 0.1) is 0 Å². The molecule has 0 saturated heterocycles. The Balaban J connectivity index is 4.24. The second-order valence-electron chi connectivity index (χ2n) is 1.63. The first-order valence-electron chi connectivity index (χ1n) is 2.18. The number of rotatable bonds is 2. The highest BCUT2D eigenvalue weighted by atomic mass is 32.2. The van der Waals surface area contributed by atoms with Crippen LogP contribution >= 0.6 is 0 Å². The van der Waals surface area contributed by atoms with E-state index in [2.05, 4.69) is 0 Å². The van der Waals surface area contributed by atoms with Crippen molar-refractivity contribution in [2.45, 2.75) is 18.5 Å². The normalized spacial score (nSPS) is 16.1. The van der Waals surface area contributed by atoms with Gasteiger partial charge in [-0.25, -0.2) is 0 Å². The zero-order valence-corrected chi connectivity index (χ0v) is 5.54. The van der Waals surface area contributed by atoms with Crippen LogP contribution < -0.4 is 0 Å². The minimum absolute atomic E-state index is 0.986. The van der Waals surface area contributed by atoms with Crippen molar-refractivity contribution in [1.82, 2.24) is 0 Å². The third-order valence-corrected chi connectivity index (χ3v) is 2.07. The van der Waals surface area contributed by atoms with Crippen molar-refractivity contribution in [3.63, 3.8) is 0 Å². The van der Waals surface area contributed by atoms with Crippen molar-refractivity contribution >= 4 is 10.1 Å². The van der Waals surface area contributed by atoms with Crippen LogP contribution in [-0.4, -0.2) is 34.7 Å². The first kappa shape index (κ1) is 8.83. The molecule has 9 heavy (non-hydrogen) atoms. The van der Waals surface area contributed by atoms with Crippen molar-refractivity contribution in [3.8, 4) is 0 Å². The van der Waals surface area contributed by atoms with E-state index in [-0.39, 0.29) is 0 Å². The van der Waals surface area contributed by atoms with E-state index >= 15 is 0 Å². The Hall–Kier alpha value is -0.170. The molecule has 0 aliphatic carbocycles. The SMILES string of the molecule is CC(C(O)O)S(=O)(=O)O. The molecule has 6 heteroatoms. The van der Waals surface area contributed by atoms with Gasteiger partial charge < -0.3 is 10.2 Å². The first-order chi connectivity index (χ1) is 3.85. The molecule has 0 heterocycles. The molecule has 3 N–H and O–H groups in total. The molecule has 1 atom stereocenters. The lowest BCUT2D eigenvalue weighted by Gasteiger charge is -2.08. The fraction of sp³-hybridized carbons (Fsp3) is 1.00. The van der Waals surface area contributed by atoms with E-state index in [1.165, 1.54) is 0 Å². The Kier molecular flexibility index (Phi) is 2.56. The summed E-state index contributed by atoms with van der Waals surface area (Å²) < 4.78 is 28.1. The molecule has 0 aromatic rings. The fourth-order valence-corrected chi connectivity index (χ4v) is 0.461. The lowest BCUT2D eigenvalue weighted by atomic mass is 10.5. The minimum atomic E-state index is -4.30. The van der Waals surface area contributed by atoms with Gasteiger partial charge in [0.25, 0.3) is 10.1 Å². The second kappa shape index (κ2) is 2.61. The van der Waals surface area contributed by atoms with Gasteiger partial charge in [0.2, 0.25) is 0 Å². The molecule has 0 spiro atoms. The monoisotopic (exact) mass is 156 g/mol. The van der Waals surface area contributed by atoms with Crippen LogP contribution in [0.2, 0.25) is 0 Å². The van der Waals surface area contributed by atoms with E-state index in [4.69, 9.17) is 14.8 Å². The summed E-state index contributed by atoms with van der Waals surface area (Å²) in [7, 11) is -4.30. The number of hydrogen-bond donors (Lipinski definition) is 3. The summed E-state index contributed by atoms with van der Waals surface area (Å²) in [6.07, 6.45) is -2.03. The molecule has 0 amide bonds. The highest BCUT2D eigenvalue weighted by molar-refractivity contribution is 7.86. The van der Waals surface area contributed by atoms with Gasteiger partial charge in [-0.1, -0.05) is 0 Å². The van der Waals surface area contributed by atoms with Crippen LogP contribution in [0.25, 0.3) is 0 Å². The van der Waals surface area contributed by atoms with E-state index in [0.717, 1.165) is 6.92 Å². The predicted molar refractivity (Wildman–Crippen MR) is 29.2 cm³/mol. The van der Waals surface area contributed by atoms with E-state index in [1.807, 2.05) is 0 Å². The van der Waals surface area contributed by atoms with Gasteiger partial charge in [0.1, 0.15) is 5.25 Å². The van der Waals surface area contributed by atoms with Gasteiger partial charge in [-0.05, 0) is 6.92 Å². The maximum absolute atomic E-state index is 10.0. The van der Waals surface area contributed by atoms with E-state index < -0.39 is 21.7 Å². The summed E-state index contributed by atoms with van der Waals surface area (Å²) >= 11 is 0. The maximum Gasteiger partial charge on any atom is 0.272 e. The molecule has 1 unspecified atom stereocenters. The molecule has 0 aliphatic heterocycles. The van der Waals surface area contributed by atoms with Crippen LogP contribution in [0.4, 0.5) is 0 Å². The van der Waals surface area contributed by atoms with Gasteiger partial charge >= 0.3 is 0 Å². The molecule has 56 valence electrons. The van der Waals surface area contributed by atoms with Gasteiger partial charge in [0, 0.05) is 0 Å². The predicted octanol–water partition coefficient (Wildman–Crippen LogP) is -1.43. The lowest BCUT2D eigenvalue weighted by molar-refractivity contribution is -0.0396. The smallest absolute Gasteiger partial charge is 0.272 e. The quantitative estimate of drug-likeness (QED) is 0.336. The molecule has 0 bridgehead atoms. The zero-order valence-electron chi connectivity index (χ0n) is 4.72. The highest BCUT2D eigenvalue weighted by Gasteiger charge is 2.23. The van der Waals surface area contributed by atoms with E-state index in [1.54, 1.807) is 0 Å². The molecule has 0 aliphatic rings. The third kappa shape index (κ3) is 2.75. The Morgan fingerprint density at radius 1 is 1.33 bits per heavy atom. The van der Waals surface area contributed by atoms with Crippen LogP contribution in [0.5, 0.6) is 0 Å². The molecular formula is C3H8O5S. The zero-order chi connectivity index (χ0) is 7.65. The van der Waals surface area contributed by atoms with E-state index in [0.29, 0.717) is 0 Å². The lowest BCUT2D eigenvalue weighted by Crippen LogP contribution is -2.30. The molecular weight excluding hydrogens is 148 g/mol. The van der Waals surface area contributed by atoms with Crippen molar-refractivity contribution in [3.05, 3.63) is 0 Å². The fourth-order valence-electron chi connectivity index (χ4n) is 0.154. The van der Waals surface area contributed by atoms with Gasteiger partial charge in [-0.3, -0.25) is 4.55 Å². The first-order valence-corrected chi connectivity index (χ1v) is 3.68. The number of hydrogen-bond acceptors (Lipinski definition) is 4. The summed E-state index contributed by atoms with van der Waals surface area (Å²) in [5, 5.41) is 14.8. The summed E-state index contributed by atoms with van der Waals surface area (Å²) in [5.74, 6) is 0. The van der Waals surface area contributed by atoms with Crippen LogP contribution in [0.1, 0.15) is 6.92 Å². The van der Waals surface area contributed by atoms with Gasteiger partial charge in [0.15, 0.2) is 6.29 Å². The van der Waals surface area contributed by atoms with Gasteiger partial charge in [-0.15, -0.1) is 0 Å². The molecule has 5 nitrogen and oxygen atoms in total. The standard InChI is InChI=1S/C3H8O5S/c1-2(3(4)5)9(6,7)8/h2-5H,1H3,(H,6,7,8). The second-order valence-corrected chi connectivity index (χ2v) is 3.41. The number of aliphatic hydroxyl groups excluding tert-OH is 1. The average molecular weight is 156 g/mol. The Labute approximate surface area is 52.7 Å². The van der Waals surface area contributed by atoms with Crippen LogP contribution in [-0.2, 0) is 10.1 Å². The van der Waals surface area contributed by atoms with Crippen LogP contribution in [0.15, 0.2) is 0 Å². The average Bonchev–Trinajstić information content (AvgIpc) is 1.62. The molecule has 0 rings (SSSR count). The molecule has 0 aromatic carbocycles. The molecule has 0 fully saturated rings. The van der Waals surface area contributed by atoms with Gasteiger partial charge in [0.05, 0.1) is 0 Å². The topological polar surface area (TPSA) is 94.8 Å². The summed E-state index contributed by atoms with van der Waals surface area (Å²) in [4.78, 5) is 0. The van der Waals surface area contributed by atoms with Crippen molar-refractivity contribution in [2.24, 2.45) is 0 Å². The maximum atomic E-state index is 10.0. The molecule has 0 saturated carbocycles. The largest absolute Gasteiger partial charge is 0.367 e. The highest BCUT2D eigenvalue weighted by Crippen LogP contribution is 1.99.